The van der Waals surface area contributed by atoms with Gasteiger partial charge >= 0.3 is 11.9 Å². The van der Waals surface area contributed by atoms with E-state index < -0.39 is 24.1 Å². The first-order chi connectivity index (χ1) is 19.7. The molecule has 0 amide bonds. The zero-order valence-corrected chi connectivity index (χ0v) is 23.1. The SMILES string of the molecule is COC(=O)[C@@H](O)Cc1cccc(C(=O)OC[C@@H]2[C@H](Cc3ccc(OC)c(O)c3)CO[C@H]2c2ccc(O)c(OC)c2)c1. The molecule has 1 fully saturated rings. The minimum Gasteiger partial charge on any atom is -0.504 e. The van der Waals surface area contributed by atoms with Gasteiger partial charge in [0.1, 0.15) is 0 Å². The van der Waals surface area contributed by atoms with Crippen molar-refractivity contribution < 1.29 is 48.6 Å². The number of methoxy groups -OCH3 is 3. The van der Waals surface area contributed by atoms with Gasteiger partial charge in [0.2, 0.25) is 0 Å². The monoisotopic (exact) mass is 566 g/mol. The van der Waals surface area contributed by atoms with Gasteiger partial charge in [-0.15, -0.1) is 0 Å². The predicted octanol–water partition coefficient (Wildman–Crippen LogP) is 3.59. The molecule has 4 atom stereocenters. The topological polar surface area (TPSA) is 141 Å². The maximum atomic E-state index is 13.1. The largest absolute Gasteiger partial charge is 0.504 e. The van der Waals surface area contributed by atoms with Crippen LogP contribution in [0.1, 0.15) is 33.2 Å². The molecule has 3 aromatic rings. The Labute approximate surface area is 238 Å². The van der Waals surface area contributed by atoms with Crippen LogP contribution in [0.4, 0.5) is 0 Å². The fraction of sp³-hybridized carbons (Fsp3) is 0.355. The third-order valence-electron chi connectivity index (χ3n) is 7.23. The van der Waals surface area contributed by atoms with Crippen molar-refractivity contribution in [2.45, 2.75) is 25.0 Å². The van der Waals surface area contributed by atoms with Crippen molar-refractivity contribution in [2.24, 2.45) is 11.8 Å². The molecule has 3 aromatic carbocycles. The Bertz CT molecular complexity index is 1370. The number of phenolic OH excluding ortho intramolecular Hbond substituents is 2. The molecule has 0 unspecified atom stereocenters. The summed E-state index contributed by atoms with van der Waals surface area (Å²) in [6.45, 7) is 0.415. The van der Waals surface area contributed by atoms with Crippen LogP contribution in [0.5, 0.6) is 23.0 Å². The highest BCUT2D eigenvalue weighted by Crippen LogP contribution is 2.43. The van der Waals surface area contributed by atoms with Gasteiger partial charge in [-0.1, -0.05) is 24.3 Å². The molecule has 3 N–H and O–H groups in total. The number of ether oxygens (including phenoxy) is 5. The first-order valence-corrected chi connectivity index (χ1v) is 13.1. The summed E-state index contributed by atoms with van der Waals surface area (Å²) in [5.74, 6) is -0.942. The average Bonchev–Trinajstić information content (AvgIpc) is 3.37. The van der Waals surface area contributed by atoms with E-state index in [1.165, 1.54) is 27.4 Å². The number of aliphatic hydroxyl groups is 1. The Balaban J connectivity index is 1.53. The fourth-order valence-corrected chi connectivity index (χ4v) is 5.06. The van der Waals surface area contributed by atoms with Crippen molar-refractivity contribution in [1.29, 1.82) is 0 Å². The quantitative estimate of drug-likeness (QED) is 0.295. The van der Waals surface area contributed by atoms with E-state index in [9.17, 15) is 24.9 Å². The normalized spacial score (nSPS) is 18.9. The van der Waals surface area contributed by atoms with Crippen molar-refractivity contribution in [3.63, 3.8) is 0 Å². The second-order valence-corrected chi connectivity index (χ2v) is 9.86. The lowest BCUT2D eigenvalue weighted by Crippen LogP contribution is -2.25. The second-order valence-electron chi connectivity index (χ2n) is 9.86. The van der Waals surface area contributed by atoms with E-state index in [2.05, 4.69) is 4.74 Å². The zero-order valence-electron chi connectivity index (χ0n) is 23.1. The molecule has 1 saturated heterocycles. The first-order valence-electron chi connectivity index (χ1n) is 13.1. The number of esters is 2. The number of hydrogen-bond donors (Lipinski definition) is 3. The minimum atomic E-state index is -1.34. The summed E-state index contributed by atoms with van der Waals surface area (Å²) in [6.07, 6.45) is -1.25. The molecular formula is C31H34O10. The lowest BCUT2D eigenvalue weighted by molar-refractivity contribution is -0.150. The standard InChI is InChI=1S/C31H34O10/c1-37-27-10-7-19(13-25(27)33)12-22-16-40-29(20-8-9-24(32)28(15-20)38-2)23(22)17-41-30(35)21-6-4-5-18(11-21)14-26(34)31(36)39-3/h4-11,13,15,22-23,26,29,32-34H,12,14,16-17H2,1-3H3/t22-,23-,26+,29+/m1/s1. The number of carbonyl (C=O) groups excluding carboxylic acids is 2. The lowest BCUT2D eigenvalue weighted by Gasteiger charge is -2.24. The van der Waals surface area contributed by atoms with E-state index in [0.717, 1.165) is 11.1 Å². The Kier molecular flexibility index (Phi) is 9.69. The highest BCUT2D eigenvalue weighted by molar-refractivity contribution is 5.89. The van der Waals surface area contributed by atoms with Crippen LogP contribution in [0.15, 0.2) is 60.7 Å². The molecule has 1 aliphatic heterocycles. The number of rotatable bonds is 11. The van der Waals surface area contributed by atoms with E-state index in [4.69, 9.17) is 18.9 Å². The Morgan fingerprint density at radius 3 is 2.41 bits per heavy atom. The van der Waals surface area contributed by atoms with Gasteiger partial charge < -0.3 is 39.0 Å². The van der Waals surface area contributed by atoms with Crippen LogP contribution >= 0.6 is 0 Å². The van der Waals surface area contributed by atoms with Gasteiger partial charge in [-0.2, -0.15) is 0 Å². The van der Waals surface area contributed by atoms with Gasteiger partial charge in [-0.25, -0.2) is 9.59 Å². The van der Waals surface area contributed by atoms with Crippen LogP contribution in [0.3, 0.4) is 0 Å². The summed E-state index contributed by atoms with van der Waals surface area (Å²) in [6, 6.07) is 16.7. The zero-order chi connectivity index (χ0) is 29.5. The predicted molar refractivity (Wildman–Crippen MR) is 147 cm³/mol. The van der Waals surface area contributed by atoms with E-state index in [-0.39, 0.29) is 41.9 Å². The molecule has 0 bridgehead atoms. The molecule has 10 heteroatoms. The molecule has 0 radical (unpaired) electrons. The van der Waals surface area contributed by atoms with Crippen LogP contribution < -0.4 is 9.47 Å². The van der Waals surface area contributed by atoms with E-state index >= 15 is 0 Å². The summed E-state index contributed by atoms with van der Waals surface area (Å²) < 4.78 is 27.0. The van der Waals surface area contributed by atoms with Crippen LogP contribution in [0.2, 0.25) is 0 Å². The van der Waals surface area contributed by atoms with Crippen molar-refractivity contribution in [1.82, 2.24) is 0 Å². The molecule has 0 spiro atoms. The number of aliphatic hydroxyl groups excluding tert-OH is 1. The van der Waals surface area contributed by atoms with Gasteiger partial charge in [0, 0.05) is 12.3 Å². The van der Waals surface area contributed by atoms with Crippen molar-refractivity contribution >= 4 is 11.9 Å². The summed E-state index contributed by atoms with van der Waals surface area (Å²) >= 11 is 0. The van der Waals surface area contributed by atoms with Crippen LogP contribution in [0, 0.1) is 11.8 Å². The van der Waals surface area contributed by atoms with Gasteiger partial charge in [0.05, 0.1) is 46.2 Å². The van der Waals surface area contributed by atoms with E-state index in [1.54, 1.807) is 48.5 Å². The third kappa shape index (κ3) is 7.08. The average molecular weight is 567 g/mol. The van der Waals surface area contributed by atoms with E-state index in [0.29, 0.717) is 30.1 Å². The smallest absolute Gasteiger partial charge is 0.338 e. The van der Waals surface area contributed by atoms with Gasteiger partial charge in [-0.3, -0.25) is 0 Å². The Morgan fingerprint density at radius 1 is 0.927 bits per heavy atom. The highest BCUT2D eigenvalue weighted by atomic mass is 16.5. The summed E-state index contributed by atoms with van der Waals surface area (Å²) in [5.41, 5.74) is 2.49. The highest BCUT2D eigenvalue weighted by Gasteiger charge is 2.39. The van der Waals surface area contributed by atoms with Gasteiger partial charge in [0.25, 0.3) is 0 Å². The number of aromatic hydroxyl groups is 2. The second kappa shape index (κ2) is 13.4. The maximum Gasteiger partial charge on any atom is 0.338 e. The fourth-order valence-electron chi connectivity index (χ4n) is 5.06. The molecule has 41 heavy (non-hydrogen) atoms. The van der Waals surface area contributed by atoms with Crippen molar-refractivity contribution in [2.75, 3.05) is 34.5 Å². The molecule has 10 nitrogen and oxygen atoms in total. The van der Waals surface area contributed by atoms with Crippen LogP contribution in [0.25, 0.3) is 0 Å². The Hall–Kier alpha value is -4.28. The summed E-state index contributed by atoms with van der Waals surface area (Å²) in [4.78, 5) is 24.7. The minimum absolute atomic E-state index is 0.000294. The van der Waals surface area contributed by atoms with Gasteiger partial charge in [0.15, 0.2) is 29.1 Å². The molecule has 1 heterocycles. The number of hydrogen-bond acceptors (Lipinski definition) is 10. The summed E-state index contributed by atoms with van der Waals surface area (Å²) in [5, 5.41) is 30.3. The van der Waals surface area contributed by atoms with Crippen LogP contribution in [-0.4, -0.2) is 67.9 Å². The first kappa shape index (κ1) is 29.7. The third-order valence-corrected chi connectivity index (χ3v) is 7.23. The number of benzene rings is 3. The molecule has 1 aliphatic rings. The maximum absolute atomic E-state index is 13.1. The molecule has 0 aliphatic carbocycles. The van der Waals surface area contributed by atoms with Gasteiger partial charge in [-0.05, 0) is 65.4 Å². The molecule has 218 valence electrons. The number of carbonyl (C=O) groups is 2. The van der Waals surface area contributed by atoms with Crippen molar-refractivity contribution in [3.8, 4) is 23.0 Å². The summed E-state index contributed by atoms with van der Waals surface area (Å²) in [7, 11) is 4.14. The lowest BCUT2D eigenvalue weighted by atomic mass is 9.84. The molecular weight excluding hydrogens is 532 g/mol. The molecule has 0 aromatic heterocycles. The number of phenols is 2. The molecule has 4 rings (SSSR count). The van der Waals surface area contributed by atoms with Crippen molar-refractivity contribution in [3.05, 3.63) is 82.9 Å². The van der Waals surface area contributed by atoms with Crippen LogP contribution in [-0.2, 0) is 31.8 Å². The Morgan fingerprint density at radius 2 is 1.71 bits per heavy atom. The van der Waals surface area contributed by atoms with E-state index in [1.807, 2.05) is 6.07 Å². The molecule has 0 saturated carbocycles.